The summed E-state index contributed by atoms with van der Waals surface area (Å²) in [5, 5.41) is 0. The highest BCUT2D eigenvalue weighted by Crippen LogP contribution is 2.34. The number of nitrogens with two attached hydrogens (primary N) is 1. The Morgan fingerprint density at radius 2 is 1.83 bits per heavy atom. The molecule has 1 aromatic rings. The molecule has 6 nitrogen and oxygen atoms in total. The van der Waals surface area contributed by atoms with Gasteiger partial charge in [-0.3, -0.25) is 9.59 Å². The maximum Gasteiger partial charge on any atom is 0.255 e. The first-order valence-corrected chi connectivity index (χ1v) is 10.6. The SMILES string of the molecule is COCC1CCC(N2CCC(N3Cc4cc(F)cc(C(N)=O)c4C3=O)CC2)CC1. The van der Waals surface area contributed by atoms with E-state index < -0.39 is 11.7 Å². The van der Waals surface area contributed by atoms with Gasteiger partial charge in [0, 0.05) is 45.4 Å². The third-order valence-corrected chi connectivity index (χ3v) is 6.94. The maximum atomic E-state index is 13.9. The van der Waals surface area contributed by atoms with Crippen molar-refractivity contribution in [3.63, 3.8) is 0 Å². The third-order valence-electron chi connectivity index (χ3n) is 6.94. The average molecular weight is 403 g/mol. The lowest BCUT2D eigenvalue weighted by Gasteiger charge is -2.42. The smallest absolute Gasteiger partial charge is 0.255 e. The number of primary amides is 1. The Morgan fingerprint density at radius 3 is 2.45 bits per heavy atom. The van der Waals surface area contributed by atoms with Gasteiger partial charge in [-0.05, 0) is 62.1 Å². The van der Waals surface area contributed by atoms with E-state index >= 15 is 0 Å². The van der Waals surface area contributed by atoms with Crippen LogP contribution in [-0.2, 0) is 11.3 Å². The highest BCUT2D eigenvalue weighted by atomic mass is 19.1. The number of hydrogen-bond donors (Lipinski definition) is 1. The Balaban J connectivity index is 1.37. The fourth-order valence-corrected chi connectivity index (χ4v) is 5.40. The van der Waals surface area contributed by atoms with Crippen molar-refractivity contribution in [3.05, 3.63) is 34.6 Å². The Kier molecular flexibility index (Phi) is 5.88. The fourth-order valence-electron chi connectivity index (χ4n) is 5.40. The van der Waals surface area contributed by atoms with E-state index in [4.69, 9.17) is 10.5 Å². The fraction of sp³-hybridized carbons (Fsp3) is 0.636. The molecule has 7 heteroatoms. The molecule has 29 heavy (non-hydrogen) atoms. The topological polar surface area (TPSA) is 75.9 Å². The molecule has 1 saturated heterocycles. The number of carbonyl (C=O) groups is 2. The molecule has 0 bridgehead atoms. The van der Waals surface area contributed by atoms with Crippen molar-refractivity contribution in [1.82, 2.24) is 9.80 Å². The molecule has 2 aliphatic heterocycles. The summed E-state index contributed by atoms with van der Waals surface area (Å²) in [4.78, 5) is 29.1. The van der Waals surface area contributed by atoms with Crippen LogP contribution >= 0.6 is 0 Å². The second kappa shape index (κ2) is 8.40. The van der Waals surface area contributed by atoms with Crippen molar-refractivity contribution in [2.75, 3.05) is 26.8 Å². The molecule has 1 aliphatic carbocycles. The first-order chi connectivity index (χ1) is 14.0. The van der Waals surface area contributed by atoms with Crippen LogP contribution in [0.2, 0.25) is 0 Å². The normalized spacial score (nSPS) is 26.0. The molecule has 0 atom stereocenters. The van der Waals surface area contributed by atoms with Crippen molar-refractivity contribution in [2.24, 2.45) is 11.7 Å². The van der Waals surface area contributed by atoms with Gasteiger partial charge < -0.3 is 20.3 Å². The van der Waals surface area contributed by atoms with Gasteiger partial charge in [0.2, 0.25) is 5.91 Å². The monoisotopic (exact) mass is 403 g/mol. The number of hydrogen-bond acceptors (Lipinski definition) is 4. The molecule has 4 rings (SSSR count). The third kappa shape index (κ3) is 4.03. The van der Waals surface area contributed by atoms with E-state index in [-0.39, 0.29) is 23.1 Å². The van der Waals surface area contributed by atoms with Crippen LogP contribution in [0.25, 0.3) is 0 Å². The maximum absolute atomic E-state index is 13.9. The van der Waals surface area contributed by atoms with Gasteiger partial charge in [0.15, 0.2) is 0 Å². The van der Waals surface area contributed by atoms with Crippen molar-refractivity contribution in [2.45, 2.75) is 57.2 Å². The molecule has 2 amide bonds. The molecular formula is C22H30FN3O3. The lowest BCUT2D eigenvalue weighted by Crippen LogP contribution is -2.49. The number of piperidine rings is 1. The summed E-state index contributed by atoms with van der Waals surface area (Å²) in [7, 11) is 1.77. The minimum absolute atomic E-state index is 0.00208. The molecule has 158 valence electrons. The first kappa shape index (κ1) is 20.3. The highest BCUT2D eigenvalue weighted by molar-refractivity contribution is 6.09. The van der Waals surface area contributed by atoms with E-state index in [2.05, 4.69) is 4.90 Å². The number of nitrogens with zero attached hydrogens (tertiary/aromatic N) is 2. The minimum atomic E-state index is -0.755. The van der Waals surface area contributed by atoms with Gasteiger partial charge in [-0.25, -0.2) is 4.39 Å². The highest BCUT2D eigenvalue weighted by Gasteiger charge is 2.38. The summed E-state index contributed by atoms with van der Waals surface area (Å²) in [6.07, 6.45) is 6.69. The van der Waals surface area contributed by atoms with Crippen molar-refractivity contribution >= 4 is 11.8 Å². The van der Waals surface area contributed by atoms with Crippen LogP contribution in [0, 0.1) is 11.7 Å². The van der Waals surface area contributed by atoms with Gasteiger partial charge >= 0.3 is 0 Å². The number of methoxy groups -OCH3 is 1. The Hall–Kier alpha value is -1.99. The van der Waals surface area contributed by atoms with E-state index in [1.807, 2.05) is 4.90 Å². The molecule has 2 heterocycles. The zero-order chi connectivity index (χ0) is 20.5. The van der Waals surface area contributed by atoms with Gasteiger partial charge in [-0.2, -0.15) is 0 Å². The largest absolute Gasteiger partial charge is 0.384 e. The van der Waals surface area contributed by atoms with Crippen LogP contribution in [0.3, 0.4) is 0 Å². The second-order valence-electron chi connectivity index (χ2n) is 8.68. The van der Waals surface area contributed by atoms with Gasteiger partial charge in [0.25, 0.3) is 5.91 Å². The van der Waals surface area contributed by atoms with Gasteiger partial charge in [0.1, 0.15) is 5.82 Å². The van der Waals surface area contributed by atoms with Crippen LogP contribution in [0.5, 0.6) is 0 Å². The predicted molar refractivity (Wildman–Crippen MR) is 107 cm³/mol. The van der Waals surface area contributed by atoms with Crippen LogP contribution in [0.1, 0.15) is 64.8 Å². The molecule has 3 aliphatic rings. The predicted octanol–water partition coefficient (Wildman–Crippen LogP) is 2.55. The summed E-state index contributed by atoms with van der Waals surface area (Å²) >= 11 is 0. The van der Waals surface area contributed by atoms with E-state index in [9.17, 15) is 14.0 Å². The second-order valence-corrected chi connectivity index (χ2v) is 8.68. The van der Waals surface area contributed by atoms with Crippen molar-refractivity contribution < 1.29 is 18.7 Å². The van der Waals surface area contributed by atoms with Crippen molar-refractivity contribution in [1.29, 1.82) is 0 Å². The Morgan fingerprint density at radius 1 is 1.14 bits per heavy atom. The Labute approximate surface area is 171 Å². The summed E-state index contributed by atoms with van der Waals surface area (Å²) in [6, 6.07) is 3.18. The number of rotatable bonds is 5. The van der Waals surface area contributed by atoms with Crippen LogP contribution in [0.4, 0.5) is 4.39 Å². The van der Waals surface area contributed by atoms with Gasteiger partial charge in [-0.1, -0.05) is 0 Å². The van der Waals surface area contributed by atoms with E-state index in [0.717, 1.165) is 38.6 Å². The lowest BCUT2D eigenvalue weighted by molar-refractivity contribution is 0.0435. The van der Waals surface area contributed by atoms with E-state index in [1.54, 1.807) is 7.11 Å². The molecule has 1 saturated carbocycles. The number of halogens is 1. The quantitative estimate of drug-likeness (QED) is 0.820. The van der Waals surface area contributed by atoms with Crippen LogP contribution in [0.15, 0.2) is 12.1 Å². The van der Waals surface area contributed by atoms with E-state index in [1.165, 1.54) is 31.7 Å². The molecule has 0 unspecified atom stereocenters. The molecule has 0 spiro atoms. The zero-order valence-electron chi connectivity index (χ0n) is 17.0. The zero-order valence-corrected chi connectivity index (χ0v) is 17.0. The van der Waals surface area contributed by atoms with Crippen LogP contribution < -0.4 is 5.73 Å². The summed E-state index contributed by atoms with van der Waals surface area (Å²) < 4.78 is 19.2. The number of likely N-dealkylation sites (tertiary alicyclic amines) is 1. The summed E-state index contributed by atoms with van der Waals surface area (Å²) in [5.41, 5.74) is 6.24. The molecule has 2 fully saturated rings. The van der Waals surface area contributed by atoms with Crippen molar-refractivity contribution in [3.8, 4) is 0 Å². The van der Waals surface area contributed by atoms with Gasteiger partial charge in [0.05, 0.1) is 11.1 Å². The number of ether oxygens (including phenoxy) is 1. The Bertz CT molecular complexity index is 784. The van der Waals surface area contributed by atoms with Crippen LogP contribution in [-0.4, -0.2) is 60.5 Å². The molecule has 0 aromatic heterocycles. The molecule has 1 aromatic carbocycles. The number of benzene rings is 1. The molecular weight excluding hydrogens is 373 g/mol. The standard InChI is InChI=1S/C22H30FN3O3/c1-29-13-14-2-4-17(5-3-14)25-8-6-18(7-9-25)26-12-15-10-16(23)11-19(21(24)27)20(15)22(26)28/h10-11,14,17-18H,2-9,12-13H2,1H3,(H2,24,27). The minimum Gasteiger partial charge on any atom is -0.384 e. The number of carbonyl (C=O) groups excluding carboxylic acids is 2. The number of amides is 2. The molecule has 2 N–H and O–H groups in total. The average Bonchev–Trinajstić information content (AvgIpc) is 3.04. The molecule has 0 radical (unpaired) electrons. The van der Waals surface area contributed by atoms with Gasteiger partial charge in [-0.15, -0.1) is 0 Å². The summed E-state index contributed by atoms with van der Waals surface area (Å²) in [6.45, 7) is 3.17. The summed E-state index contributed by atoms with van der Waals surface area (Å²) in [5.74, 6) is -0.775. The lowest BCUT2D eigenvalue weighted by atomic mass is 9.85. The number of fused-ring (bicyclic) bond motifs is 1. The first-order valence-electron chi connectivity index (χ1n) is 10.6. The van der Waals surface area contributed by atoms with E-state index in [0.29, 0.717) is 24.1 Å².